The molecule has 0 aliphatic carbocycles. The molecule has 35 heavy (non-hydrogen) atoms. The zero-order chi connectivity index (χ0) is 25.1. The smallest absolute Gasteiger partial charge is 0.332 e. The molecule has 0 atom stereocenters. The summed E-state index contributed by atoms with van der Waals surface area (Å²) in [5, 5.41) is 0. The second-order valence-corrected chi connectivity index (χ2v) is 9.32. The fourth-order valence-corrected chi connectivity index (χ4v) is 4.81. The quantitative estimate of drug-likeness (QED) is 0.183. The van der Waals surface area contributed by atoms with Gasteiger partial charge < -0.3 is 9.64 Å². The first kappa shape index (κ1) is 27.1. The van der Waals surface area contributed by atoms with Crippen molar-refractivity contribution in [1.82, 2.24) is 8.43 Å². The number of esters is 1. The van der Waals surface area contributed by atoms with E-state index in [9.17, 15) is 14.4 Å². The highest BCUT2D eigenvalue weighted by molar-refractivity contribution is 14.1. The first-order valence-corrected chi connectivity index (χ1v) is 13.3. The lowest BCUT2D eigenvalue weighted by atomic mass is 9.84. The molecule has 2 aromatic rings. The second kappa shape index (κ2) is 13.6. The summed E-state index contributed by atoms with van der Waals surface area (Å²) in [5.41, 5.74) is 0.924. The zero-order valence-electron chi connectivity index (χ0n) is 20.2. The minimum atomic E-state index is -1.07. The third-order valence-corrected chi connectivity index (χ3v) is 7.11. The molecule has 1 aliphatic heterocycles. The summed E-state index contributed by atoms with van der Waals surface area (Å²) in [6.07, 6.45) is 2.94. The van der Waals surface area contributed by atoms with Gasteiger partial charge in [0, 0.05) is 38.2 Å². The van der Waals surface area contributed by atoms with Crippen LogP contribution in [0.15, 0.2) is 60.7 Å². The number of halogens is 1. The standard InChI is InChI=1S/C27H34IN3O4/c1-2-25(33)31(23-12-7-4-8-13-23)27(26(34)35-21-9-14-24(32)29-28)16-19-30(20-17-27)18-15-22-10-5-3-6-11-22/h3-8,10-13H,2,9,14-21H2,1H3,(H,29,32). The first-order chi connectivity index (χ1) is 17.0. The normalized spacial score (nSPS) is 15.3. The molecule has 2 amide bonds. The Labute approximate surface area is 221 Å². The van der Waals surface area contributed by atoms with E-state index in [4.69, 9.17) is 4.74 Å². The average molecular weight is 591 g/mol. The van der Waals surface area contributed by atoms with E-state index in [1.54, 1.807) is 27.8 Å². The van der Waals surface area contributed by atoms with Gasteiger partial charge in [0.1, 0.15) is 5.54 Å². The summed E-state index contributed by atoms with van der Waals surface area (Å²) in [5.74, 6) is -0.592. The van der Waals surface area contributed by atoms with Crippen LogP contribution in [-0.4, -0.2) is 54.5 Å². The van der Waals surface area contributed by atoms with Gasteiger partial charge in [-0.15, -0.1) is 0 Å². The molecule has 3 rings (SSSR count). The summed E-state index contributed by atoms with van der Waals surface area (Å²) in [4.78, 5) is 42.4. The fourth-order valence-electron chi connectivity index (χ4n) is 4.54. The molecule has 0 aromatic heterocycles. The molecule has 1 fully saturated rings. The average Bonchev–Trinajstić information content (AvgIpc) is 2.91. The highest BCUT2D eigenvalue weighted by Crippen LogP contribution is 2.35. The molecule has 0 spiro atoms. The highest BCUT2D eigenvalue weighted by atomic mass is 127. The predicted molar refractivity (Wildman–Crippen MR) is 145 cm³/mol. The molecule has 1 N–H and O–H groups in total. The van der Waals surface area contributed by atoms with Crippen LogP contribution >= 0.6 is 22.9 Å². The SMILES string of the molecule is CCC(=O)N(c1ccccc1)C1(C(=O)OCCCC(=O)NI)CCN(CCc2ccccc2)CC1. The maximum absolute atomic E-state index is 13.6. The number of ether oxygens (including phenoxy) is 1. The number of anilines is 1. The van der Waals surface area contributed by atoms with E-state index in [2.05, 4.69) is 20.6 Å². The largest absolute Gasteiger partial charge is 0.464 e. The number of amides is 2. The minimum absolute atomic E-state index is 0.102. The monoisotopic (exact) mass is 591 g/mol. The fraction of sp³-hybridized carbons (Fsp3) is 0.444. The molecule has 1 saturated heterocycles. The lowest BCUT2D eigenvalue weighted by molar-refractivity contribution is -0.154. The molecule has 0 radical (unpaired) electrons. The van der Waals surface area contributed by atoms with Crippen LogP contribution in [0.3, 0.4) is 0 Å². The minimum Gasteiger partial charge on any atom is -0.464 e. The molecule has 0 saturated carbocycles. The Bertz CT molecular complexity index is 963. The first-order valence-electron chi connectivity index (χ1n) is 12.2. The van der Waals surface area contributed by atoms with Crippen LogP contribution in [0.1, 0.15) is 44.6 Å². The molecule has 188 valence electrons. The summed E-state index contributed by atoms with van der Waals surface area (Å²) >= 11 is 1.80. The maximum atomic E-state index is 13.6. The van der Waals surface area contributed by atoms with Gasteiger partial charge >= 0.3 is 5.97 Å². The molecular formula is C27H34IN3O4. The van der Waals surface area contributed by atoms with Crippen molar-refractivity contribution in [3.8, 4) is 0 Å². The van der Waals surface area contributed by atoms with Gasteiger partial charge in [-0.3, -0.25) is 18.0 Å². The van der Waals surface area contributed by atoms with Crippen LogP contribution < -0.4 is 8.43 Å². The number of nitrogens with zero attached hydrogens (tertiary/aromatic N) is 2. The van der Waals surface area contributed by atoms with E-state index < -0.39 is 5.54 Å². The summed E-state index contributed by atoms with van der Waals surface area (Å²) in [7, 11) is 0. The topological polar surface area (TPSA) is 78.9 Å². The second-order valence-electron chi connectivity index (χ2n) is 8.78. The van der Waals surface area contributed by atoms with E-state index in [-0.39, 0.29) is 37.2 Å². The summed E-state index contributed by atoms with van der Waals surface area (Å²) in [6, 6.07) is 19.7. The van der Waals surface area contributed by atoms with Gasteiger partial charge in [-0.25, -0.2) is 4.79 Å². The molecule has 1 heterocycles. The molecule has 2 aromatic carbocycles. The van der Waals surface area contributed by atoms with Gasteiger partial charge in [0.25, 0.3) is 0 Å². The number of hydrogen-bond acceptors (Lipinski definition) is 5. The van der Waals surface area contributed by atoms with Gasteiger partial charge in [-0.05, 0) is 43.4 Å². The Hall–Kier alpha value is -2.46. The third kappa shape index (κ3) is 7.27. The molecule has 8 heteroatoms. The number of benzene rings is 2. The van der Waals surface area contributed by atoms with Gasteiger partial charge in [0.05, 0.1) is 29.5 Å². The number of rotatable bonds is 11. The lowest BCUT2D eigenvalue weighted by Crippen LogP contribution is -2.63. The summed E-state index contributed by atoms with van der Waals surface area (Å²) in [6.45, 7) is 4.24. The zero-order valence-corrected chi connectivity index (χ0v) is 22.4. The van der Waals surface area contributed by atoms with Crippen LogP contribution in [-0.2, 0) is 25.5 Å². The van der Waals surface area contributed by atoms with Crippen molar-refractivity contribution < 1.29 is 19.1 Å². The van der Waals surface area contributed by atoms with Crippen molar-refractivity contribution in [3.63, 3.8) is 0 Å². The highest BCUT2D eigenvalue weighted by Gasteiger charge is 2.50. The number of likely N-dealkylation sites (tertiary alicyclic amines) is 1. The predicted octanol–water partition coefficient (Wildman–Crippen LogP) is 4.30. The van der Waals surface area contributed by atoms with E-state index in [1.807, 2.05) is 55.5 Å². The van der Waals surface area contributed by atoms with Crippen molar-refractivity contribution in [1.29, 1.82) is 0 Å². The number of nitrogens with one attached hydrogen (secondary N) is 1. The molecule has 1 aliphatic rings. The number of piperidine rings is 1. The Morgan fingerprint density at radius 1 is 1.03 bits per heavy atom. The maximum Gasteiger partial charge on any atom is 0.332 e. The van der Waals surface area contributed by atoms with Crippen molar-refractivity contribution >= 4 is 46.3 Å². The van der Waals surface area contributed by atoms with E-state index >= 15 is 0 Å². The molecule has 0 bridgehead atoms. The van der Waals surface area contributed by atoms with Gasteiger partial charge in [0.2, 0.25) is 11.8 Å². The molecule has 7 nitrogen and oxygen atoms in total. The van der Waals surface area contributed by atoms with Crippen LogP contribution in [0.25, 0.3) is 0 Å². The lowest BCUT2D eigenvalue weighted by Gasteiger charge is -2.46. The number of carbonyl (C=O) groups is 3. The van der Waals surface area contributed by atoms with Crippen LogP contribution in [0.2, 0.25) is 0 Å². The number of hydrogen-bond donors (Lipinski definition) is 1. The van der Waals surface area contributed by atoms with Gasteiger partial charge in [-0.2, -0.15) is 0 Å². The number of para-hydroxylation sites is 1. The Morgan fingerprint density at radius 3 is 2.26 bits per heavy atom. The Balaban J connectivity index is 1.77. The van der Waals surface area contributed by atoms with Crippen LogP contribution in [0.5, 0.6) is 0 Å². The van der Waals surface area contributed by atoms with Gasteiger partial charge in [0.15, 0.2) is 0 Å². The van der Waals surface area contributed by atoms with E-state index in [1.165, 1.54) is 5.56 Å². The summed E-state index contributed by atoms with van der Waals surface area (Å²) < 4.78 is 8.25. The molecule has 0 unspecified atom stereocenters. The van der Waals surface area contributed by atoms with Gasteiger partial charge in [-0.1, -0.05) is 55.5 Å². The van der Waals surface area contributed by atoms with Crippen LogP contribution in [0.4, 0.5) is 5.69 Å². The number of carbonyl (C=O) groups excluding carboxylic acids is 3. The van der Waals surface area contributed by atoms with Crippen molar-refractivity contribution in [2.45, 2.75) is 51.0 Å². The molecular weight excluding hydrogens is 557 g/mol. The van der Waals surface area contributed by atoms with Crippen molar-refractivity contribution in [3.05, 3.63) is 66.2 Å². The van der Waals surface area contributed by atoms with Crippen molar-refractivity contribution in [2.75, 3.05) is 31.1 Å². The Morgan fingerprint density at radius 2 is 1.66 bits per heavy atom. The van der Waals surface area contributed by atoms with E-state index in [0.717, 1.165) is 13.0 Å². The van der Waals surface area contributed by atoms with Crippen LogP contribution in [0, 0.1) is 0 Å². The van der Waals surface area contributed by atoms with Crippen molar-refractivity contribution in [2.24, 2.45) is 0 Å². The third-order valence-electron chi connectivity index (χ3n) is 6.50. The van der Waals surface area contributed by atoms with E-state index in [0.29, 0.717) is 38.0 Å². The Kier molecular flexibility index (Phi) is 10.5.